The topological polar surface area (TPSA) is 59.2 Å². The van der Waals surface area contributed by atoms with E-state index in [2.05, 4.69) is 11.9 Å². The van der Waals surface area contributed by atoms with E-state index in [1.807, 2.05) is 37.3 Å². The second-order valence-electron chi connectivity index (χ2n) is 4.30. The molecule has 2 aromatic rings. The maximum atomic E-state index is 11.7. The minimum atomic E-state index is -0.514. The van der Waals surface area contributed by atoms with Crippen molar-refractivity contribution in [1.82, 2.24) is 4.98 Å². The Labute approximate surface area is 112 Å². The average Bonchev–Trinajstić information content (AvgIpc) is 2.42. The van der Waals surface area contributed by atoms with Gasteiger partial charge in [0.2, 0.25) is 0 Å². The Morgan fingerprint density at radius 2 is 1.95 bits per heavy atom. The number of nitrogens with two attached hydrogens (primary N) is 1. The number of benzene rings is 1. The van der Waals surface area contributed by atoms with Crippen molar-refractivity contribution >= 4 is 17.4 Å². The molecule has 2 rings (SSSR count). The predicted molar refractivity (Wildman–Crippen MR) is 76.5 cm³/mol. The number of pyridine rings is 1. The Balaban J connectivity index is 2.46. The lowest BCUT2D eigenvalue weighted by Gasteiger charge is -2.22. The maximum absolute atomic E-state index is 11.7. The molecule has 0 spiro atoms. The van der Waals surface area contributed by atoms with Gasteiger partial charge in [0.1, 0.15) is 0 Å². The fourth-order valence-corrected chi connectivity index (χ4v) is 1.98. The number of aryl methyl sites for hydroxylation is 2. The molecule has 19 heavy (non-hydrogen) atoms. The van der Waals surface area contributed by atoms with E-state index in [0.717, 1.165) is 17.8 Å². The van der Waals surface area contributed by atoms with Crippen molar-refractivity contribution in [1.29, 1.82) is 0 Å². The summed E-state index contributed by atoms with van der Waals surface area (Å²) in [6, 6.07) is 10.9. The molecule has 0 unspecified atom stereocenters. The van der Waals surface area contributed by atoms with Gasteiger partial charge in [-0.2, -0.15) is 0 Å². The third kappa shape index (κ3) is 2.73. The fourth-order valence-electron chi connectivity index (χ4n) is 1.98. The number of aromatic nitrogens is 1. The number of amides is 2. The molecule has 4 heteroatoms. The lowest BCUT2D eigenvalue weighted by molar-refractivity contribution is 0.256. The van der Waals surface area contributed by atoms with Gasteiger partial charge in [-0.25, -0.2) is 4.79 Å². The van der Waals surface area contributed by atoms with Crippen LogP contribution in [0, 0.1) is 6.92 Å². The van der Waals surface area contributed by atoms with Gasteiger partial charge in [-0.15, -0.1) is 0 Å². The highest BCUT2D eigenvalue weighted by molar-refractivity contribution is 5.98. The molecular formula is C15H17N3O. The molecule has 1 aromatic heterocycles. The van der Waals surface area contributed by atoms with Crippen LogP contribution in [-0.2, 0) is 6.42 Å². The Bertz CT molecular complexity index is 578. The lowest BCUT2D eigenvalue weighted by Crippen LogP contribution is -2.32. The first-order valence-electron chi connectivity index (χ1n) is 6.23. The Kier molecular flexibility index (Phi) is 3.80. The van der Waals surface area contributed by atoms with Crippen LogP contribution in [0.3, 0.4) is 0 Å². The Morgan fingerprint density at radius 1 is 1.26 bits per heavy atom. The molecule has 2 N–H and O–H groups in total. The van der Waals surface area contributed by atoms with E-state index in [0.29, 0.717) is 5.69 Å². The van der Waals surface area contributed by atoms with Crippen molar-refractivity contribution in [2.45, 2.75) is 20.3 Å². The van der Waals surface area contributed by atoms with E-state index in [1.54, 1.807) is 12.3 Å². The molecule has 0 radical (unpaired) electrons. The normalized spacial score (nSPS) is 10.2. The fraction of sp³-hybridized carbons (Fsp3) is 0.200. The van der Waals surface area contributed by atoms with E-state index >= 15 is 0 Å². The van der Waals surface area contributed by atoms with Gasteiger partial charge in [-0.3, -0.25) is 9.88 Å². The van der Waals surface area contributed by atoms with Crippen LogP contribution in [0.2, 0.25) is 0 Å². The smallest absolute Gasteiger partial charge is 0.323 e. The van der Waals surface area contributed by atoms with Crippen molar-refractivity contribution in [2.75, 3.05) is 4.90 Å². The molecule has 0 saturated carbocycles. The summed E-state index contributed by atoms with van der Waals surface area (Å²) >= 11 is 0. The summed E-state index contributed by atoms with van der Waals surface area (Å²) in [5, 5.41) is 0. The minimum absolute atomic E-state index is 0.514. The summed E-state index contributed by atoms with van der Waals surface area (Å²) in [5.74, 6) is 0. The van der Waals surface area contributed by atoms with E-state index < -0.39 is 6.03 Å². The molecule has 0 atom stereocenters. The molecule has 0 bridgehead atoms. The number of nitrogens with zero attached hydrogens (tertiary/aromatic N) is 2. The van der Waals surface area contributed by atoms with Gasteiger partial charge in [0, 0.05) is 6.20 Å². The van der Waals surface area contributed by atoms with Gasteiger partial charge in [0.05, 0.1) is 17.1 Å². The van der Waals surface area contributed by atoms with Crippen molar-refractivity contribution in [3.8, 4) is 0 Å². The zero-order chi connectivity index (χ0) is 13.8. The first-order chi connectivity index (χ1) is 9.13. The highest BCUT2D eigenvalue weighted by Crippen LogP contribution is 2.27. The highest BCUT2D eigenvalue weighted by atomic mass is 16.2. The zero-order valence-electron chi connectivity index (χ0n) is 11.1. The first-order valence-corrected chi connectivity index (χ1v) is 6.23. The summed E-state index contributed by atoms with van der Waals surface area (Å²) < 4.78 is 0. The first kappa shape index (κ1) is 13.1. The summed E-state index contributed by atoms with van der Waals surface area (Å²) in [6.07, 6.45) is 2.65. The second-order valence-corrected chi connectivity index (χ2v) is 4.30. The Morgan fingerprint density at radius 3 is 2.47 bits per heavy atom. The number of hydrogen-bond acceptors (Lipinski definition) is 2. The van der Waals surface area contributed by atoms with Gasteiger partial charge in [0.15, 0.2) is 0 Å². The summed E-state index contributed by atoms with van der Waals surface area (Å²) in [6.45, 7) is 3.94. The van der Waals surface area contributed by atoms with E-state index in [-0.39, 0.29) is 0 Å². The van der Waals surface area contributed by atoms with Crippen LogP contribution in [-0.4, -0.2) is 11.0 Å². The quantitative estimate of drug-likeness (QED) is 0.915. The van der Waals surface area contributed by atoms with Crippen molar-refractivity contribution in [3.63, 3.8) is 0 Å². The van der Waals surface area contributed by atoms with Crippen LogP contribution >= 0.6 is 0 Å². The van der Waals surface area contributed by atoms with Gasteiger partial charge in [-0.1, -0.05) is 19.1 Å². The third-order valence-electron chi connectivity index (χ3n) is 3.04. The van der Waals surface area contributed by atoms with Crippen LogP contribution in [0.5, 0.6) is 0 Å². The molecule has 0 saturated heterocycles. The highest BCUT2D eigenvalue weighted by Gasteiger charge is 2.17. The molecule has 0 aliphatic carbocycles. The molecule has 0 aliphatic rings. The van der Waals surface area contributed by atoms with E-state index in [9.17, 15) is 4.79 Å². The number of rotatable bonds is 3. The van der Waals surface area contributed by atoms with Gasteiger partial charge in [0.25, 0.3) is 0 Å². The number of hydrogen-bond donors (Lipinski definition) is 1. The van der Waals surface area contributed by atoms with Crippen LogP contribution in [0.25, 0.3) is 0 Å². The van der Waals surface area contributed by atoms with Gasteiger partial charge in [-0.05, 0) is 43.2 Å². The predicted octanol–water partition coefficient (Wildman–Crippen LogP) is 3.17. The van der Waals surface area contributed by atoms with Gasteiger partial charge >= 0.3 is 6.03 Å². The average molecular weight is 255 g/mol. The maximum Gasteiger partial charge on any atom is 0.323 e. The molecule has 4 nitrogen and oxygen atoms in total. The number of carbonyl (C=O) groups excluding carboxylic acids is 1. The monoisotopic (exact) mass is 255 g/mol. The summed E-state index contributed by atoms with van der Waals surface area (Å²) in [4.78, 5) is 17.4. The number of carbonyl (C=O) groups is 1. The lowest BCUT2D eigenvalue weighted by atomic mass is 10.1. The molecular weight excluding hydrogens is 238 g/mol. The molecule has 0 aliphatic heterocycles. The largest absolute Gasteiger partial charge is 0.351 e. The molecule has 2 amide bonds. The van der Waals surface area contributed by atoms with E-state index in [4.69, 9.17) is 5.73 Å². The van der Waals surface area contributed by atoms with Crippen molar-refractivity contribution < 1.29 is 4.79 Å². The Hall–Kier alpha value is -2.36. The van der Waals surface area contributed by atoms with Crippen LogP contribution in [0.15, 0.2) is 42.6 Å². The third-order valence-corrected chi connectivity index (χ3v) is 3.04. The van der Waals surface area contributed by atoms with Crippen molar-refractivity contribution in [2.24, 2.45) is 5.73 Å². The standard InChI is InChI=1S/C15H17N3O/c1-3-12-6-8-13(9-7-12)18(15(16)19)14-5-4-10-17-11(14)2/h4-10H,3H2,1-2H3,(H2,16,19). The summed E-state index contributed by atoms with van der Waals surface area (Å²) in [5.41, 5.74) is 8.94. The van der Waals surface area contributed by atoms with E-state index in [1.165, 1.54) is 10.5 Å². The zero-order valence-corrected chi connectivity index (χ0v) is 11.1. The molecule has 1 aromatic carbocycles. The SMILES string of the molecule is CCc1ccc(N(C(N)=O)c2cccnc2C)cc1. The number of urea groups is 1. The van der Waals surface area contributed by atoms with Crippen LogP contribution < -0.4 is 10.6 Å². The molecule has 1 heterocycles. The second kappa shape index (κ2) is 5.52. The summed E-state index contributed by atoms with van der Waals surface area (Å²) in [7, 11) is 0. The minimum Gasteiger partial charge on any atom is -0.351 e. The van der Waals surface area contributed by atoms with Crippen molar-refractivity contribution in [3.05, 3.63) is 53.9 Å². The number of primary amides is 1. The van der Waals surface area contributed by atoms with Gasteiger partial charge < -0.3 is 5.73 Å². The van der Waals surface area contributed by atoms with Crippen LogP contribution in [0.4, 0.5) is 16.2 Å². The number of anilines is 2. The molecule has 98 valence electrons. The molecule has 0 fully saturated rings. The van der Waals surface area contributed by atoms with Crippen LogP contribution in [0.1, 0.15) is 18.2 Å².